The number of carbonyl (C=O) groups is 1. The molecule has 1 atom stereocenters. The maximum atomic E-state index is 10.4. The van der Waals surface area contributed by atoms with E-state index in [0.29, 0.717) is 6.42 Å². The van der Waals surface area contributed by atoms with Gasteiger partial charge in [-0.3, -0.25) is 9.78 Å². The van der Waals surface area contributed by atoms with Crippen molar-refractivity contribution in [2.45, 2.75) is 25.3 Å². The standard InChI is InChI=1S/C10H14N2O2/c1-10(11,5-4-9(13)14)8-3-2-6-12-7-8/h2-3,6-7H,4-5,11H2,1H3,(H,13,14). The first-order chi connectivity index (χ1) is 6.52. The van der Waals surface area contributed by atoms with Crippen molar-refractivity contribution in [3.63, 3.8) is 0 Å². The van der Waals surface area contributed by atoms with Crippen LogP contribution in [0, 0.1) is 0 Å². The van der Waals surface area contributed by atoms with Crippen LogP contribution >= 0.6 is 0 Å². The number of hydrogen-bond donors (Lipinski definition) is 2. The first kappa shape index (κ1) is 10.7. The van der Waals surface area contributed by atoms with Crippen LogP contribution in [-0.4, -0.2) is 16.1 Å². The molecule has 1 heterocycles. The third kappa shape index (κ3) is 2.81. The van der Waals surface area contributed by atoms with E-state index >= 15 is 0 Å². The van der Waals surface area contributed by atoms with E-state index in [9.17, 15) is 4.79 Å². The van der Waals surface area contributed by atoms with Gasteiger partial charge >= 0.3 is 5.97 Å². The van der Waals surface area contributed by atoms with E-state index in [0.717, 1.165) is 5.56 Å². The topological polar surface area (TPSA) is 76.2 Å². The van der Waals surface area contributed by atoms with Crippen LogP contribution in [0.5, 0.6) is 0 Å². The zero-order valence-corrected chi connectivity index (χ0v) is 8.10. The summed E-state index contributed by atoms with van der Waals surface area (Å²) in [4.78, 5) is 14.4. The molecule has 0 saturated carbocycles. The lowest BCUT2D eigenvalue weighted by molar-refractivity contribution is -0.137. The predicted molar refractivity (Wildman–Crippen MR) is 52.6 cm³/mol. The van der Waals surface area contributed by atoms with Gasteiger partial charge in [0.25, 0.3) is 0 Å². The molecule has 0 aromatic carbocycles. The van der Waals surface area contributed by atoms with Crippen molar-refractivity contribution in [1.29, 1.82) is 0 Å². The van der Waals surface area contributed by atoms with Crippen molar-refractivity contribution >= 4 is 5.97 Å². The Labute approximate surface area is 82.8 Å². The molecule has 0 fully saturated rings. The zero-order valence-electron chi connectivity index (χ0n) is 8.10. The zero-order chi connectivity index (χ0) is 10.6. The third-order valence-electron chi connectivity index (χ3n) is 2.18. The highest BCUT2D eigenvalue weighted by Crippen LogP contribution is 2.21. The predicted octanol–water partition coefficient (Wildman–Crippen LogP) is 1.12. The Hall–Kier alpha value is -1.42. The quantitative estimate of drug-likeness (QED) is 0.753. The highest BCUT2D eigenvalue weighted by Gasteiger charge is 2.21. The summed E-state index contributed by atoms with van der Waals surface area (Å²) in [5, 5.41) is 8.55. The summed E-state index contributed by atoms with van der Waals surface area (Å²) in [7, 11) is 0. The van der Waals surface area contributed by atoms with E-state index in [1.807, 2.05) is 13.0 Å². The fraction of sp³-hybridized carbons (Fsp3) is 0.400. The monoisotopic (exact) mass is 194 g/mol. The second-order valence-corrected chi connectivity index (χ2v) is 3.55. The molecule has 0 amide bonds. The van der Waals surface area contributed by atoms with Crippen molar-refractivity contribution < 1.29 is 9.90 Å². The van der Waals surface area contributed by atoms with E-state index in [1.165, 1.54) is 0 Å². The molecule has 0 saturated heterocycles. The van der Waals surface area contributed by atoms with Crippen LogP contribution < -0.4 is 5.73 Å². The largest absolute Gasteiger partial charge is 0.481 e. The molecule has 0 aliphatic carbocycles. The average molecular weight is 194 g/mol. The molecule has 1 rings (SSSR count). The summed E-state index contributed by atoms with van der Waals surface area (Å²) in [6.45, 7) is 1.81. The number of nitrogens with zero attached hydrogens (tertiary/aromatic N) is 1. The van der Waals surface area contributed by atoms with Gasteiger partial charge in [0.05, 0.1) is 0 Å². The number of rotatable bonds is 4. The van der Waals surface area contributed by atoms with Gasteiger partial charge in [0.1, 0.15) is 0 Å². The van der Waals surface area contributed by atoms with Crippen LogP contribution in [0.3, 0.4) is 0 Å². The van der Waals surface area contributed by atoms with Gasteiger partial charge < -0.3 is 10.8 Å². The highest BCUT2D eigenvalue weighted by atomic mass is 16.4. The Bertz CT molecular complexity index is 309. The molecular weight excluding hydrogens is 180 g/mol. The number of nitrogens with two attached hydrogens (primary N) is 1. The molecule has 3 N–H and O–H groups in total. The Morgan fingerprint density at radius 3 is 2.93 bits per heavy atom. The Kier molecular flexibility index (Phi) is 3.19. The van der Waals surface area contributed by atoms with Gasteiger partial charge in [-0.25, -0.2) is 0 Å². The number of pyridine rings is 1. The van der Waals surface area contributed by atoms with E-state index < -0.39 is 11.5 Å². The normalized spacial score (nSPS) is 14.7. The summed E-state index contributed by atoms with van der Waals surface area (Å²) < 4.78 is 0. The van der Waals surface area contributed by atoms with E-state index in [4.69, 9.17) is 10.8 Å². The number of carboxylic acid groups (broad SMARTS) is 1. The second-order valence-electron chi connectivity index (χ2n) is 3.55. The van der Waals surface area contributed by atoms with Crippen LogP contribution in [0.25, 0.3) is 0 Å². The average Bonchev–Trinajstić information content (AvgIpc) is 2.16. The number of aliphatic carboxylic acids is 1. The van der Waals surface area contributed by atoms with Gasteiger partial charge in [-0.05, 0) is 25.0 Å². The van der Waals surface area contributed by atoms with Crippen molar-refractivity contribution in [2.75, 3.05) is 0 Å². The van der Waals surface area contributed by atoms with E-state index in [1.54, 1.807) is 18.5 Å². The molecule has 1 aromatic rings. The Morgan fingerprint density at radius 1 is 1.71 bits per heavy atom. The van der Waals surface area contributed by atoms with E-state index in [-0.39, 0.29) is 6.42 Å². The fourth-order valence-electron chi connectivity index (χ4n) is 1.21. The van der Waals surface area contributed by atoms with Gasteiger partial charge in [0.2, 0.25) is 0 Å². The molecule has 0 aliphatic rings. The van der Waals surface area contributed by atoms with Gasteiger partial charge in [0, 0.05) is 24.4 Å². The van der Waals surface area contributed by atoms with E-state index in [2.05, 4.69) is 4.98 Å². The van der Waals surface area contributed by atoms with Crippen LogP contribution in [0.1, 0.15) is 25.3 Å². The molecule has 4 nitrogen and oxygen atoms in total. The van der Waals surface area contributed by atoms with Crippen LogP contribution in [0.4, 0.5) is 0 Å². The molecule has 0 spiro atoms. The minimum Gasteiger partial charge on any atom is -0.481 e. The second kappa shape index (κ2) is 4.19. The maximum Gasteiger partial charge on any atom is 0.303 e. The maximum absolute atomic E-state index is 10.4. The molecule has 1 aromatic heterocycles. The highest BCUT2D eigenvalue weighted by molar-refractivity contribution is 5.66. The summed E-state index contributed by atoms with van der Waals surface area (Å²) in [6, 6.07) is 3.65. The summed E-state index contributed by atoms with van der Waals surface area (Å²) >= 11 is 0. The molecule has 0 aliphatic heterocycles. The van der Waals surface area contributed by atoms with Gasteiger partial charge in [-0.15, -0.1) is 0 Å². The van der Waals surface area contributed by atoms with Crippen molar-refractivity contribution in [1.82, 2.24) is 4.98 Å². The lowest BCUT2D eigenvalue weighted by Gasteiger charge is -2.23. The summed E-state index contributed by atoms with van der Waals surface area (Å²) in [6.07, 6.45) is 3.81. The van der Waals surface area contributed by atoms with Crippen LogP contribution in [-0.2, 0) is 10.3 Å². The van der Waals surface area contributed by atoms with Crippen LogP contribution in [0.2, 0.25) is 0 Å². The minimum absolute atomic E-state index is 0.0713. The van der Waals surface area contributed by atoms with Gasteiger partial charge in [-0.1, -0.05) is 6.07 Å². The molecule has 14 heavy (non-hydrogen) atoms. The molecule has 0 bridgehead atoms. The SMILES string of the molecule is CC(N)(CCC(=O)O)c1cccnc1. The van der Waals surface area contributed by atoms with Gasteiger partial charge in [-0.2, -0.15) is 0 Å². The third-order valence-corrected chi connectivity index (χ3v) is 2.18. The molecule has 4 heteroatoms. The van der Waals surface area contributed by atoms with Crippen molar-refractivity contribution in [3.05, 3.63) is 30.1 Å². The van der Waals surface area contributed by atoms with Gasteiger partial charge in [0.15, 0.2) is 0 Å². The van der Waals surface area contributed by atoms with Crippen LogP contribution in [0.15, 0.2) is 24.5 Å². The molecule has 0 radical (unpaired) electrons. The Morgan fingerprint density at radius 2 is 2.43 bits per heavy atom. The lowest BCUT2D eigenvalue weighted by atomic mass is 9.90. The lowest BCUT2D eigenvalue weighted by Crippen LogP contribution is -2.33. The first-order valence-corrected chi connectivity index (χ1v) is 4.43. The minimum atomic E-state index is -0.828. The molecule has 1 unspecified atom stereocenters. The number of hydrogen-bond acceptors (Lipinski definition) is 3. The molecular formula is C10H14N2O2. The summed E-state index contributed by atoms with van der Waals surface area (Å²) in [5.41, 5.74) is 6.23. The van der Waals surface area contributed by atoms with Crippen molar-refractivity contribution in [3.8, 4) is 0 Å². The first-order valence-electron chi connectivity index (χ1n) is 4.43. The molecule has 76 valence electrons. The summed E-state index contributed by atoms with van der Waals surface area (Å²) in [5.74, 6) is -0.828. The Balaban J connectivity index is 2.70. The number of aromatic nitrogens is 1. The van der Waals surface area contributed by atoms with Crippen molar-refractivity contribution in [2.24, 2.45) is 5.73 Å². The fourth-order valence-corrected chi connectivity index (χ4v) is 1.21. The smallest absolute Gasteiger partial charge is 0.303 e. The number of carboxylic acids is 1.